The van der Waals surface area contributed by atoms with Crippen molar-refractivity contribution >= 4 is 17.5 Å². The lowest BCUT2D eigenvalue weighted by molar-refractivity contribution is -0.133. The van der Waals surface area contributed by atoms with Crippen LogP contribution >= 0.6 is 0 Å². The Morgan fingerprint density at radius 3 is 2.05 bits per heavy atom. The van der Waals surface area contributed by atoms with Crippen LogP contribution in [0.2, 0.25) is 0 Å². The lowest BCUT2D eigenvalue weighted by Crippen LogP contribution is -2.49. The molecule has 0 saturated carbocycles. The van der Waals surface area contributed by atoms with E-state index in [1.54, 1.807) is 16.7 Å². The molecular weight excluding hydrogens is 252 g/mol. The van der Waals surface area contributed by atoms with Crippen LogP contribution in [0.1, 0.15) is 34.1 Å². The van der Waals surface area contributed by atoms with E-state index in [0.717, 1.165) is 5.69 Å². The Hall–Kier alpha value is -1.84. The summed E-state index contributed by atoms with van der Waals surface area (Å²) in [7, 11) is 0. The normalized spacial score (nSPS) is 11.8. The van der Waals surface area contributed by atoms with Crippen LogP contribution in [0.25, 0.3) is 0 Å². The van der Waals surface area contributed by atoms with Crippen LogP contribution in [-0.4, -0.2) is 35.8 Å². The molecule has 0 aromatic heterocycles. The molecule has 0 spiro atoms. The van der Waals surface area contributed by atoms with Crippen molar-refractivity contribution in [2.24, 2.45) is 0 Å². The van der Waals surface area contributed by atoms with Crippen LogP contribution in [0.15, 0.2) is 30.3 Å². The highest BCUT2D eigenvalue weighted by Crippen LogP contribution is 2.19. The molecule has 0 fully saturated rings. The van der Waals surface area contributed by atoms with E-state index in [2.05, 4.69) is 0 Å². The molecule has 1 aromatic carbocycles. The lowest BCUT2D eigenvalue weighted by atomic mass is 10.1. The second-order valence-electron chi connectivity index (χ2n) is 4.64. The van der Waals surface area contributed by atoms with E-state index in [9.17, 15) is 9.59 Å². The molecule has 0 aliphatic rings. The van der Waals surface area contributed by atoms with Crippen LogP contribution in [0.3, 0.4) is 0 Å². The summed E-state index contributed by atoms with van der Waals surface area (Å²) >= 11 is 0. The maximum atomic E-state index is 12.5. The minimum Gasteiger partial charge on any atom is -0.341 e. The highest BCUT2D eigenvalue weighted by atomic mass is 16.2. The van der Waals surface area contributed by atoms with E-state index in [-0.39, 0.29) is 11.8 Å². The fourth-order valence-electron chi connectivity index (χ4n) is 2.25. The zero-order valence-electron chi connectivity index (χ0n) is 12.8. The summed E-state index contributed by atoms with van der Waals surface area (Å²) < 4.78 is 0. The molecule has 2 amide bonds. The van der Waals surface area contributed by atoms with Gasteiger partial charge in [-0.25, -0.2) is 0 Å². The van der Waals surface area contributed by atoms with Crippen LogP contribution in [0.5, 0.6) is 0 Å². The Bertz CT molecular complexity index is 441. The molecule has 4 heteroatoms. The Morgan fingerprint density at radius 1 is 1.05 bits per heavy atom. The predicted molar refractivity (Wildman–Crippen MR) is 81.6 cm³/mol. The SMILES string of the molecule is CCC(=O)N(c1ccccc1)C(C)C(=O)N(CC)CC. The third-order valence-electron chi connectivity index (χ3n) is 3.43. The number of carbonyl (C=O) groups is 2. The van der Waals surface area contributed by atoms with Crippen molar-refractivity contribution in [3.8, 4) is 0 Å². The first kappa shape index (κ1) is 16.2. The van der Waals surface area contributed by atoms with E-state index < -0.39 is 6.04 Å². The first-order valence-corrected chi connectivity index (χ1v) is 7.22. The van der Waals surface area contributed by atoms with Crippen molar-refractivity contribution < 1.29 is 9.59 Å². The highest BCUT2D eigenvalue weighted by Gasteiger charge is 2.28. The van der Waals surface area contributed by atoms with Crippen molar-refractivity contribution in [2.45, 2.75) is 40.2 Å². The zero-order valence-corrected chi connectivity index (χ0v) is 12.8. The Balaban J connectivity index is 3.06. The van der Waals surface area contributed by atoms with Crippen molar-refractivity contribution in [1.82, 2.24) is 4.90 Å². The summed E-state index contributed by atoms with van der Waals surface area (Å²) in [5.74, 6) is -0.0511. The third kappa shape index (κ3) is 3.59. The first-order chi connectivity index (χ1) is 9.56. The fourth-order valence-corrected chi connectivity index (χ4v) is 2.25. The van der Waals surface area contributed by atoms with Crippen LogP contribution < -0.4 is 4.90 Å². The Kier molecular flexibility index (Phi) is 6.22. The van der Waals surface area contributed by atoms with Gasteiger partial charge >= 0.3 is 0 Å². The van der Waals surface area contributed by atoms with Crippen LogP contribution in [-0.2, 0) is 9.59 Å². The lowest BCUT2D eigenvalue weighted by Gasteiger charge is -2.32. The van der Waals surface area contributed by atoms with Gasteiger partial charge in [0.1, 0.15) is 6.04 Å². The topological polar surface area (TPSA) is 40.6 Å². The molecule has 4 nitrogen and oxygen atoms in total. The molecular formula is C16H24N2O2. The zero-order chi connectivity index (χ0) is 15.1. The van der Waals surface area contributed by atoms with Gasteiger partial charge in [0, 0.05) is 25.2 Å². The maximum absolute atomic E-state index is 12.5. The number of carbonyl (C=O) groups excluding carboxylic acids is 2. The van der Waals surface area contributed by atoms with E-state index in [0.29, 0.717) is 19.5 Å². The smallest absolute Gasteiger partial charge is 0.245 e. The molecule has 0 aliphatic carbocycles. The van der Waals surface area contributed by atoms with Gasteiger partial charge in [0.2, 0.25) is 11.8 Å². The van der Waals surface area contributed by atoms with Gasteiger partial charge in [-0.2, -0.15) is 0 Å². The van der Waals surface area contributed by atoms with E-state index in [1.807, 2.05) is 51.1 Å². The molecule has 1 atom stereocenters. The van der Waals surface area contributed by atoms with Gasteiger partial charge in [-0.1, -0.05) is 25.1 Å². The number of para-hydroxylation sites is 1. The molecule has 0 radical (unpaired) electrons. The Morgan fingerprint density at radius 2 is 1.60 bits per heavy atom. The Labute approximate surface area is 121 Å². The number of hydrogen-bond acceptors (Lipinski definition) is 2. The van der Waals surface area contributed by atoms with E-state index in [1.165, 1.54) is 0 Å². The summed E-state index contributed by atoms with van der Waals surface area (Å²) in [6.07, 6.45) is 0.380. The van der Waals surface area contributed by atoms with Crippen molar-refractivity contribution in [2.75, 3.05) is 18.0 Å². The summed E-state index contributed by atoms with van der Waals surface area (Å²) in [5, 5.41) is 0. The van der Waals surface area contributed by atoms with Gasteiger partial charge in [-0.15, -0.1) is 0 Å². The van der Waals surface area contributed by atoms with Gasteiger partial charge in [0.25, 0.3) is 0 Å². The summed E-state index contributed by atoms with van der Waals surface area (Å²) in [6, 6.07) is 8.89. The third-order valence-corrected chi connectivity index (χ3v) is 3.43. The summed E-state index contributed by atoms with van der Waals surface area (Å²) in [5.41, 5.74) is 0.771. The highest BCUT2D eigenvalue weighted by molar-refractivity contribution is 6.00. The summed E-state index contributed by atoms with van der Waals surface area (Å²) in [4.78, 5) is 28.0. The molecule has 0 bridgehead atoms. The molecule has 110 valence electrons. The van der Waals surface area contributed by atoms with Crippen LogP contribution in [0, 0.1) is 0 Å². The minimum atomic E-state index is -0.482. The van der Waals surface area contributed by atoms with Gasteiger partial charge in [-0.3, -0.25) is 9.59 Å². The molecule has 20 heavy (non-hydrogen) atoms. The second kappa shape index (κ2) is 7.68. The number of rotatable bonds is 6. The average molecular weight is 276 g/mol. The maximum Gasteiger partial charge on any atom is 0.245 e. The quantitative estimate of drug-likeness (QED) is 0.801. The average Bonchev–Trinajstić information content (AvgIpc) is 2.49. The van der Waals surface area contributed by atoms with Crippen molar-refractivity contribution in [3.05, 3.63) is 30.3 Å². The largest absolute Gasteiger partial charge is 0.341 e. The summed E-state index contributed by atoms with van der Waals surface area (Å²) in [6.45, 7) is 8.81. The van der Waals surface area contributed by atoms with Crippen molar-refractivity contribution in [1.29, 1.82) is 0 Å². The molecule has 0 aliphatic heterocycles. The van der Waals surface area contributed by atoms with Crippen LogP contribution in [0.4, 0.5) is 5.69 Å². The predicted octanol–water partition coefficient (Wildman–Crippen LogP) is 2.69. The van der Waals surface area contributed by atoms with Gasteiger partial charge in [0.05, 0.1) is 0 Å². The second-order valence-corrected chi connectivity index (χ2v) is 4.64. The number of nitrogens with zero attached hydrogens (tertiary/aromatic N) is 2. The van der Waals surface area contributed by atoms with E-state index in [4.69, 9.17) is 0 Å². The number of likely N-dealkylation sites (N-methyl/N-ethyl adjacent to an activating group) is 1. The first-order valence-electron chi connectivity index (χ1n) is 7.22. The van der Waals surface area contributed by atoms with Gasteiger partial charge in [0.15, 0.2) is 0 Å². The number of benzene rings is 1. The molecule has 0 N–H and O–H groups in total. The van der Waals surface area contributed by atoms with Crippen molar-refractivity contribution in [3.63, 3.8) is 0 Å². The minimum absolute atomic E-state index is 0.0133. The standard InChI is InChI=1S/C16H24N2O2/c1-5-15(19)18(14-11-9-8-10-12-14)13(4)16(20)17(6-2)7-3/h8-13H,5-7H2,1-4H3. The fraction of sp³-hybridized carbons (Fsp3) is 0.500. The number of anilines is 1. The molecule has 1 rings (SSSR count). The molecule has 0 heterocycles. The van der Waals surface area contributed by atoms with E-state index >= 15 is 0 Å². The van der Waals surface area contributed by atoms with Gasteiger partial charge in [-0.05, 0) is 32.9 Å². The molecule has 0 saturated heterocycles. The monoisotopic (exact) mass is 276 g/mol. The number of amides is 2. The number of hydrogen-bond donors (Lipinski definition) is 0. The molecule has 1 aromatic rings. The van der Waals surface area contributed by atoms with Gasteiger partial charge < -0.3 is 9.80 Å². The molecule has 1 unspecified atom stereocenters.